The summed E-state index contributed by atoms with van der Waals surface area (Å²) in [5.41, 5.74) is 5.98. The van der Waals surface area contributed by atoms with E-state index in [9.17, 15) is 0 Å². The Morgan fingerprint density at radius 1 is 0.889 bits per heavy atom. The molecule has 3 nitrogen and oxygen atoms in total. The van der Waals surface area contributed by atoms with Gasteiger partial charge in [0, 0.05) is 39.3 Å². The summed E-state index contributed by atoms with van der Waals surface area (Å²) in [6.45, 7) is 5.44. The van der Waals surface area contributed by atoms with Crippen LogP contribution in [0, 0.1) is 19.1 Å². The predicted molar refractivity (Wildman–Crippen MR) is 143 cm³/mol. The molecule has 181 valence electrons. The van der Waals surface area contributed by atoms with Crippen LogP contribution in [0.4, 0.5) is 0 Å². The first-order chi connectivity index (χ1) is 18.2. The monoisotopic (exact) mass is 650 g/mol. The van der Waals surface area contributed by atoms with Crippen molar-refractivity contribution < 1.29 is 28.6 Å². The van der Waals surface area contributed by atoms with Crippen LogP contribution in [0.1, 0.15) is 35.0 Å². The quantitative estimate of drug-likeness (QED) is 0.181. The number of hydrogen-bond acceptors (Lipinski definition) is 3. The van der Waals surface area contributed by atoms with Gasteiger partial charge < -0.3 is 14.4 Å². The first kappa shape index (κ1) is 21.7. The average molecular weight is 650 g/mol. The zero-order chi connectivity index (χ0) is 26.9. The van der Waals surface area contributed by atoms with Crippen LogP contribution in [0.3, 0.4) is 0 Å². The summed E-state index contributed by atoms with van der Waals surface area (Å²) in [7, 11) is 0. The molecule has 6 rings (SSSR count). The molecule has 0 spiro atoms. The van der Waals surface area contributed by atoms with Gasteiger partial charge in [-0.25, -0.2) is 0 Å². The Morgan fingerprint density at radius 3 is 2.50 bits per heavy atom. The van der Waals surface area contributed by atoms with Gasteiger partial charge in [0.2, 0.25) is 0 Å². The molecule has 6 aromatic rings. The second-order valence-corrected chi connectivity index (χ2v) is 8.46. The fourth-order valence-corrected chi connectivity index (χ4v) is 3.80. The summed E-state index contributed by atoms with van der Waals surface area (Å²) >= 11 is 0. The van der Waals surface area contributed by atoms with Crippen molar-refractivity contribution in [3.63, 3.8) is 0 Å². The Kier molecular flexibility index (Phi) is 6.88. The smallest absolute Gasteiger partial charge is 0.120 e. The summed E-state index contributed by atoms with van der Waals surface area (Å²) in [5, 5.41) is 1.93. The molecule has 0 aliphatic heterocycles. The van der Waals surface area contributed by atoms with Crippen molar-refractivity contribution in [2.24, 2.45) is 0 Å². The number of aromatic nitrogens is 2. The number of aryl methyl sites for hydroxylation is 1. The van der Waals surface area contributed by atoms with Gasteiger partial charge in [0.1, 0.15) is 5.58 Å². The van der Waals surface area contributed by atoms with Crippen LogP contribution in [0.15, 0.2) is 102 Å². The predicted octanol–water partition coefficient (Wildman–Crippen LogP) is 8.43. The number of furan rings is 1. The van der Waals surface area contributed by atoms with Gasteiger partial charge in [-0.15, -0.1) is 54.1 Å². The minimum absolute atomic E-state index is 0. The topological polar surface area (TPSA) is 38.9 Å². The molecule has 0 atom stereocenters. The van der Waals surface area contributed by atoms with Crippen LogP contribution in [-0.2, 0) is 20.1 Å². The van der Waals surface area contributed by atoms with Crippen molar-refractivity contribution in [3.05, 3.63) is 121 Å². The minimum atomic E-state index is -0.979. The Hall–Kier alpha value is -3.59. The van der Waals surface area contributed by atoms with Crippen molar-refractivity contribution >= 4 is 21.9 Å². The third-order valence-electron chi connectivity index (χ3n) is 5.65. The first-order valence-corrected chi connectivity index (χ1v) is 11.4. The van der Waals surface area contributed by atoms with Gasteiger partial charge in [0.25, 0.3) is 0 Å². The molecule has 0 N–H and O–H groups in total. The summed E-state index contributed by atoms with van der Waals surface area (Å²) in [4.78, 5) is 8.66. The van der Waals surface area contributed by atoms with Gasteiger partial charge >= 0.3 is 0 Å². The second-order valence-electron chi connectivity index (χ2n) is 8.46. The first-order valence-electron chi connectivity index (χ1n) is 12.9. The maximum Gasteiger partial charge on any atom is 0.120 e. The summed E-state index contributed by atoms with van der Waals surface area (Å²) in [6, 6.07) is 29.7. The molecular formula is C32H26IrN2O-2. The molecule has 0 bridgehead atoms. The second kappa shape index (κ2) is 11.4. The van der Waals surface area contributed by atoms with Crippen LogP contribution < -0.4 is 0 Å². The van der Waals surface area contributed by atoms with E-state index >= 15 is 0 Å². The van der Waals surface area contributed by atoms with Crippen molar-refractivity contribution in [1.29, 1.82) is 0 Å². The number of rotatable bonds is 3. The minimum Gasteiger partial charge on any atom is -0.501 e. The fraction of sp³-hybridized carbons (Fsp3) is 0.125. The molecule has 0 fully saturated rings. The van der Waals surface area contributed by atoms with Crippen molar-refractivity contribution in [3.8, 4) is 22.5 Å². The van der Waals surface area contributed by atoms with E-state index in [1.54, 1.807) is 19.9 Å². The van der Waals surface area contributed by atoms with Crippen LogP contribution in [0.25, 0.3) is 44.5 Å². The molecule has 4 heteroatoms. The normalized spacial score (nSPS) is 12.1. The zero-order valence-corrected chi connectivity index (χ0v) is 22.6. The molecule has 36 heavy (non-hydrogen) atoms. The third-order valence-corrected chi connectivity index (χ3v) is 5.65. The average Bonchev–Trinajstić information content (AvgIpc) is 3.30. The molecule has 3 aromatic heterocycles. The number of benzene rings is 3. The number of hydrogen-bond donors (Lipinski definition) is 0. The zero-order valence-electron chi connectivity index (χ0n) is 23.2. The van der Waals surface area contributed by atoms with Crippen LogP contribution >= 0.6 is 0 Å². The standard InChI is InChI=1S/C20H16NO.C12H10N.Ir/c1-13(2)14-10-11-18(21-12-14)17-8-5-7-16-15-6-3-4-9-19(15)22-20(16)17;1-10-7-8-13-12(9-10)11-5-3-2-4-6-11;/h3-7,9-13H,1-2H3;2-5,7-9H,1H3;/q2*-1;/i10D,11D,13D;;. The van der Waals surface area contributed by atoms with Crippen molar-refractivity contribution in [2.75, 3.05) is 0 Å². The Balaban J connectivity index is 0.000000213. The molecule has 1 radical (unpaired) electrons. The van der Waals surface area contributed by atoms with Gasteiger partial charge in [0.05, 0.1) is 8.32 Å². The van der Waals surface area contributed by atoms with Crippen LogP contribution in [0.5, 0.6) is 0 Å². The molecule has 0 aliphatic carbocycles. The van der Waals surface area contributed by atoms with Crippen molar-refractivity contribution in [1.82, 2.24) is 9.97 Å². The van der Waals surface area contributed by atoms with Crippen LogP contribution in [-0.4, -0.2) is 9.97 Å². The number of fused-ring (bicyclic) bond motifs is 3. The van der Waals surface area contributed by atoms with E-state index in [-0.39, 0.29) is 32.2 Å². The summed E-state index contributed by atoms with van der Waals surface area (Å²) in [5.74, 6) is -0.979. The molecular weight excluding hydrogens is 621 g/mol. The van der Waals surface area contributed by atoms with E-state index in [1.807, 2.05) is 66.9 Å². The van der Waals surface area contributed by atoms with Gasteiger partial charge in [-0.05, 0) is 41.9 Å². The van der Waals surface area contributed by atoms with Crippen LogP contribution in [0.2, 0.25) is 0 Å². The molecule has 0 saturated carbocycles. The summed E-state index contributed by atoms with van der Waals surface area (Å²) in [6.07, 6.45) is 3.34. The molecule has 3 heterocycles. The van der Waals surface area contributed by atoms with E-state index in [0.29, 0.717) is 22.4 Å². The van der Waals surface area contributed by atoms with Crippen molar-refractivity contribution in [2.45, 2.75) is 26.7 Å². The van der Waals surface area contributed by atoms with E-state index < -0.39 is 5.89 Å². The number of para-hydroxylation sites is 1. The van der Waals surface area contributed by atoms with Gasteiger partial charge in [-0.3, -0.25) is 0 Å². The summed E-state index contributed by atoms with van der Waals surface area (Å²) < 4.78 is 30.7. The molecule has 0 amide bonds. The third kappa shape index (κ3) is 5.46. The molecule has 0 aliphatic rings. The number of pyridine rings is 2. The van der Waals surface area contributed by atoms with E-state index in [0.717, 1.165) is 27.6 Å². The van der Waals surface area contributed by atoms with E-state index in [1.165, 1.54) is 11.8 Å². The fourth-order valence-electron chi connectivity index (χ4n) is 3.80. The van der Waals surface area contributed by atoms with E-state index in [2.05, 4.69) is 35.1 Å². The van der Waals surface area contributed by atoms with Gasteiger partial charge in [-0.1, -0.05) is 66.7 Å². The maximum atomic E-state index is 8.37. The Labute approximate surface area is 229 Å². The molecule has 3 aromatic carbocycles. The van der Waals surface area contributed by atoms with Gasteiger partial charge in [0.15, 0.2) is 0 Å². The number of nitrogens with zero attached hydrogens (tertiary/aromatic N) is 2. The van der Waals surface area contributed by atoms with Gasteiger partial charge in [-0.2, -0.15) is 0 Å². The largest absolute Gasteiger partial charge is 0.501 e. The van der Waals surface area contributed by atoms with E-state index in [4.69, 9.17) is 8.53 Å². The maximum absolute atomic E-state index is 8.37. The Morgan fingerprint density at radius 2 is 1.72 bits per heavy atom. The molecule has 0 saturated heterocycles. The molecule has 0 unspecified atom stereocenters. The Bertz CT molecular complexity index is 1740. The SMILES string of the molecule is Cc1ccnc(-c2[c-]cccc2)c1.[2H]c1c(C([2H])(C)C)cnc(-c2[c-]ccc3c2oc2ccccc23)c1[2H].[Ir].